The maximum Gasteiger partial charge on any atom is 0.338 e. The van der Waals surface area contributed by atoms with Crippen LogP contribution >= 0.6 is 0 Å². The summed E-state index contributed by atoms with van der Waals surface area (Å²) < 4.78 is 23.0. The van der Waals surface area contributed by atoms with Gasteiger partial charge < -0.3 is 19.7 Å². The second-order valence-corrected chi connectivity index (χ2v) is 3.80. The average Bonchev–Trinajstić information content (AvgIpc) is 2.37. The van der Waals surface area contributed by atoms with Gasteiger partial charge in [0.15, 0.2) is 6.10 Å². The van der Waals surface area contributed by atoms with Gasteiger partial charge in [0.25, 0.3) is 0 Å². The lowest BCUT2D eigenvalue weighted by molar-refractivity contribution is -0.159. The number of esters is 1. The molecule has 1 aromatic carbocycles. The summed E-state index contributed by atoms with van der Waals surface area (Å²) in [7, 11) is 0. The van der Waals surface area contributed by atoms with E-state index in [0.29, 0.717) is 6.61 Å². The number of carbonyl (C=O) groups is 1. The van der Waals surface area contributed by atoms with Gasteiger partial charge in [-0.15, -0.1) is 0 Å². The summed E-state index contributed by atoms with van der Waals surface area (Å²) in [6.07, 6.45) is -3.34. The van der Waals surface area contributed by atoms with Gasteiger partial charge in [0, 0.05) is 6.07 Å². The zero-order valence-electron chi connectivity index (χ0n) is 10.8. The van der Waals surface area contributed by atoms with Gasteiger partial charge in [0.05, 0.1) is 13.2 Å². The van der Waals surface area contributed by atoms with Crippen molar-refractivity contribution in [2.75, 3.05) is 13.2 Å². The van der Waals surface area contributed by atoms with Crippen molar-refractivity contribution in [2.24, 2.45) is 0 Å². The van der Waals surface area contributed by atoms with Crippen LogP contribution in [0.1, 0.15) is 25.5 Å². The van der Waals surface area contributed by atoms with Crippen LogP contribution in [-0.2, 0) is 9.53 Å². The van der Waals surface area contributed by atoms with Crippen molar-refractivity contribution in [2.45, 2.75) is 26.1 Å². The predicted molar refractivity (Wildman–Crippen MR) is 65.2 cm³/mol. The average molecular weight is 272 g/mol. The minimum Gasteiger partial charge on any atom is -0.494 e. The molecule has 0 bridgehead atoms. The molecule has 0 amide bonds. The minimum atomic E-state index is -1.77. The first-order valence-electron chi connectivity index (χ1n) is 5.95. The molecule has 0 saturated heterocycles. The monoisotopic (exact) mass is 272 g/mol. The molecule has 5 nitrogen and oxygen atoms in total. The zero-order chi connectivity index (χ0) is 14.4. The molecular formula is C13H17FO5. The summed E-state index contributed by atoms with van der Waals surface area (Å²) in [5, 5.41) is 19.4. The Morgan fingerprint density at radius 2 is 1.95 bits per heavy atom. The van der Waals surface area contributed by atoms with Crippen molar-refractivity contribution in [3.8, 4) is 5.75 Å². The molecule has 1 rings (SSSR count). The number of hydrogen-bond acceptors (Lipinski definition) is 5. The second kappa shape index (κ2) is 7.06. The first-order valence-corrected chi connectivity index (χ1v) is 5.95. The van der Waals surface area contributed by atoms with Crippen LogP contribution in [0.4, 0.5) is 4.39 Å². The fourth-order valence-corrected chi connectivity index (χ4v) is 1.54. The van der Waals surface area contributed by atoms with Crippen molar-refractivity contribution < 1.29 is 28.9 Å². The molecule has 0 radical (unpaired) electrons. The Kier molecular flexibility index (Phi) is 5.72. The SMILES string of the molecule is CCOC(=O)C(O)C(O)c1cc(F)cc(OCC)c1. The largest absolute Gasteiger partial charge is 0.494 e. The lowest BCUT2D eigenvalue weighted by Crippen LogP contribution is -2.30. The van der Waals surface area contributed by atoms with E-state index >= 15 is 0 Å². The molecule has 0 aliphatic carbocycles. The molecule has 2 atom stereocenters. The molecule has 0 spiro atoms. The van der Waals surface area contributed by atoms with E-state index in [-0.39, 0.29) is 17.9 Å². The van der Waals surface area contributed by atoms with Gasteiger partial charge in [0.2, 0.25) is 0 Å². The molecule has 2 N–H and O–H groups in total. The van der Waals surface area contributed by atoms with Crippen molar-refractivity contribution in [1.29, 1.82) is 0 Å². The summed E-state index contributed by atoms with van der Waals surface area (Å²) in [6.45, 7) is 3.72. The van der Waals surface area contributed by atoms with E-state index in [4.69, 9.17) is 4.74 Å². The smallest absolute Gasteiger partial charge is 0.338 e. The van der Waals surface area contributed by atoms with E-state index in [1.54, 1.807) is 13.8 Å². The Morgan fingerprint density at radius 1 is 1.26 bits per heavy atom. The van der Waals surface area contributed by atoms with Crippen LogP contribution in [0.2, 0.25) is 0 Å². The molecule has 2 unspecified atom stereocenters. The molecule has 6 heteroatoms. The van der Waals surface area contributed by atoms with Crippen LogP contribution in [0.25, 0.3) is 0 Å². The summed E-state index contributed by atoms with van der Waals surface area (Å²) in [5.41, 5.74) is 0.0454. The van der Waals surface area contributed by atoms with Crippen molar-refractivity contribution in [1.82, 2.24) is 0 Å². The number of halogens is 1. The first kappa shape index (κ1) is 15.4. The van der Waals surface area contributed by atoms with Gasteiger partial charge in [0.1, 0.15) is 17.7 Å². The standard InChI is InChI=1S/C13H17FO5/c1-3-18-10-6-8(5-9(14)7-10)11(15)12(16)13(17)19-4-2/h5-7,11-12,15-16H,3-4H2,1-2H3. The van der Waals surface area contributed by atoms with Gasteiger partial charge in [-0.2, -0.15) is 0 Å². The molecule has 0 aliphatic heterocycles. The third-order valence-corrected chi connectivity index (χ3v) is 2.37. The Balaban J connectivity index is 2.91. The van der Waals surface area contributed by atoms with Gasteiger partial charge >= 0.3 is 5.97 Å². The molecule has 106 valence electrons. The lowest BCUT2D eigenvalue weighted by Gasteiger charge is -2.17. The topological polar surface area (TPSA) is 76.0 Å². The molecule has 0 saturated carbocycles. The first-order chi connectivity index (χ1) is 8.99. The molecule has 1 aromatic rings. The van der Waals surface area contributed by atoms with E-state index in [1.165, 1.54) is 6.07 Å². The van der Waals surface area contributed by atoms with E-state index in [0.717, 1.165) is 12.1 Å². The van der Waals surface area contributed by atoms with Gasteiger partial charge in [-0.25, -0.2) is 9.18 Å². The summed E-state index contributed by atoms with van der Waals surface area (Å²) >= 11 is 0. The summed E-state index contributed by atoms with van der Waals surface area (Å²) in [5.74, 6) is -1.37. The molecule has 19 heavy (non-hydrogen) atoms. The Labute approximate surface area is 110 Å². The third-order valence-electron chi connectivity index (χ3n) is 2.37. The molecule has 0 aliphatic rings. The van der Waals surface area contributed by atoms with E-state index in [9.17, 15) is 19.4 Å². The molecule has 0 fully saturated rings. The Hall–Kier alpha value is -1.66. The maximum absolute atomic E-state index is 13.3. The number of benzene rings is 1. The number of carbonyl (C=O) groups excluding carboxylic acids is 1. The second-order valence-electron chi connectivity index (χ2n) is 3.80. The normalized spacial score (nSPS) is 13.7. The van der Waals surface area contributed by atoms with E-state index in [1.807, 2.05) is 0 Å². The molecular weight excluding hydrogens is 255 g/mol. The number of aliphatic hydroxyl groups excluding tert-OH is 2. The number of hydrogen-bond donors (Lipinski definition) is 2. The summed E-state index contributed by atoms with van der Waals surface area (Å²) in [4.78, 5) is 11.3. The van der Waals surface area contributed by atoms with Crippen molar-refractivity contribution >= 4 is 5.97 Å². The van der Waals surface area contributed by atoms with Crippen LogP contribution in [0.5, 0.6) is 5.75 Å². The molecule has 0 heterocycles. The highest BCUT2D eigenvalue weighted by atomic mass is 19.1. The van der Waals surface area contributed by atoms with Crippen molar-refractivity contribution in [3.63, 3.8) is 0 Å². The van der Waals surface area contributed by atoms with E-state index in [2.05, 4.69) is 4.74 Å². The maximum atomic E-state index is 13.3. The number of aliphatic hydroxyl groups is 2. The Bertz CT molecular complexity index is 435. The van der Waals surface area contributed by atoms with E-state index < -0.39 is 24.0 Å². The number of rotatable bonds is 6. The number of ether oxygens (including phenoxy) is 2. The highest BCUT2D eigenvalue weighted by Crippen LogP contribution is 2.24. The quantitative estimate of drug-likeness (QED) is 0.761. The van der Waals surface area contributed by atoms with Crippen LogP contribution in [0.3, 0.4) is 0 Å². The van der Waals surface area contributed by atoms with Crippen LogP contribution < -0.4 is 4.74 Å². The van der Waals surface area contributed by atoms with Gasteiger partial charge in [-0.3, -0.25) is 0 Å². The highest BCUT2D eigenvalue weighted by molar-refractivity contribution is 5.75. The van der Waals surface area contributed by atoms with Gasteiger partial charge in [-0.1, -0.05) is 0 Å². The van der Waals surface area contributed by atoms with Crippen LogP contribution in [-0.4, -0.2) is 35.5 Å². The minimum absolute atomic E-state index is 0.0454. The van der Waals surface area contributed by atoms with Crippen LogP contribution in [0.15, 0.2) is 18.2 Å². The Morgan fingerprint density at radius 3 is 2.53 bits per heavy atom. The summed E-state index contributed by atoms with van der Waals surface area (Å²) in [6, 6.07) is 3.53. The lowest BCUT2D eigenvalue weighted by atomic mass is 10.0. The zero-order valence-corrected chi connectivity index (χ0v) is 10.8. The van der Waals surface area contributed by atoms with Crippen LogP contribution in [0, 0.1) is 5.82 Å². The fraction of sp³-hybridized carbons (Fsp3) is 0.462. The molecule has 0 aromatic heterocycles. The predicted octanol–water partition coefficient (Wildman–Crippen LogP) is 1.18. The highest BCUT2D eigenvalue weighted by Gasteiger charge is 2.27. The third kappa shape index (κ3) is 4.18. The fourth-order valence-electron chi connectivity index (χ4n) is 1.54. The van der Waals surface area contributed by atoms with Gasteiger partial charge in [-0.05, 0) is 31.5 Å². The van der Waals surface area contributed by atoms with Crippen molar-refractivity contribution in [3.05, 3.63) is 29.6 Å².